The molecule has 0 aromatic carbocycles. The van der Waals surface area contributed by atoms with Crippen LogP contribution in [0.2, 0.25) is 0 Å². The van der Waals surface area contributed by atoms with Crippen molar-refractivity contribution >= 4 is 11.9 Å². The molecule has 2 rings (SSSR count). The zero-order valence-corrected chi connectivity index (χ0v) is 11.8. The molecular weight excluding hydrogens is 244 g/mol. The maximum Gasteiger partial charge on any atom is 0.307 e. The summed E-state index contributed by atoms with van der Waals surface area (Å²) in [4.78, 5) is 27.6. The van der Waals surface area contributed by atoms with Crippen LogP contribution in [0.1, 0.15) is 32.1 Å². The largest absolute Gasteiger partial charge is 0.481 e. The molecule has 3 atom stereocenters. The van der Waals surface area contributed by atoms with Gasteiger partial charge in [-0.3, -0.25) is 9.59 Å². The molecule has 1 amide bonds. The van der Waals surface area contributed by atoms with Crippen molar-refractivity contribution in [1.82, 2.24) is 9.80 Å². The first-order valence-corrected chi connectivity index (χ1v) is 7.18. The van der Waals surface area contributed by atoms with E-state index in [0.29, 0.717) is 12.5 Å². The number of aliphatic carboxylic acids is 1. The third kappa shape index (κ3) is 3.08. The fraction of sp³-hybridized carbons (Fsp3) is 0.857. The van der Waals surface area contributed by atoms with E-state index in [-0.39, 0.29) is 11.8 Å². The van der Waals surface area contributed by atoms with Crippen molar-refractivity contribution in [3.8, 4) is 0 Å². The van der Waals surface area contributed by atoms with Gasteiger partial charge in [-0.05, 0) is 39.3 Å². The van der Waals surface area contributed by atoms with Crippen LogP contribution in [-0.4, -0.2) is 60.0 Å². The first kappa shape index (κ1) is 14.3. The molecule has 5 nitrogen and oxygen atoms in total. The summed E-state index contributed by atoms with van der Waals surface area (Å²) in [5.41, 5.74) is 0. The van der Waals surface area contributed by atoms with Gasteiger partial charge in [-0.15, -0.1) is 0 Å². The molecule has 1 heterocycles. The predicted molar refractivity (Wildman–Crippen MR) is 71.8 cm³/mol. The molecule has 1 saturated carbocycles. The Hall–Kier alpha value is -1.10. The normalized spacial score (nSPS) is 31.6. The van der Waals surface area contributed by atoms with Crippen molar-refractivity contribution in [2.45, 2.75) is 38.1 Å². The first-order valence-electron chi connectivity index (χ1n) is 7.18. The van der Waals surface area contributed by atoms with Crippen LogP contribution < -0.4 is 0 Å². The van der Waals surface area contributed by atoms with Gasteiger partial charge in [0.15, 0.2) is 0 Å². The maximum atomic E-state index is 12.4. The van der Waals surface area contributed by atoms with E-state index in [0.717, 1.165) is 32.4 Å². The molecule has 3 unspecified atom stereocenters. The van der Waals surface area contributed by atoms with Crippen LogP contribution >= 0.6 is 0 Å². The fourth-order valence-corrected chi connectivity index (χ4v) is 3.45. The Bertz CT molecular complexity index is 359. The van der Waals surface area contributed by atoms with E-state index in [9.17, 15) is 9.59 Å². The monoisotopic (exact) mass is 268 g/mol. The molecule has 1 N–H and O–H groups in total. The van der Waals surface area contributed by atoms with Gasteiger partial charge in [0.2, 0.25) is 5.91 Å². The van der Waals surface area contributed by atoms with Crippen molar-refractivity contribution < 1.29 is 14.7 Å². The topological polar surface area (TPSA) is 60.9 Å². The third-order valence-electron chi connectivity index (χ3n) is 4.68. The van der Waals surface area contributed by atoms with Crippen LogP contribution in [0.25, 0.3) is 0 Å². The van der Waals surface area contributed by atoms with Gasteiger partial charge in [0.25, 0.3) is 0 Å². The summed E-state index contributed by atoms with van der Waals surface area (Å²) in [5.74, 6) is -1.59. The van der Waals surface area contributed by atoms with Crippen LogP contribution in [-0.2, 0) is 9.59 Å². The lowest BCUT2D eigenvalue weighted by Gasteiger charge is -2.28. The van der Waals surface area contributed by atoms with E-state index in [2.05, 4.69) is 11.9 Å². The lowest BCUT2D eigenvalue weighted by Crippen LogP contribution is -2.43. The van der Waals surface area contributed by atoms with E-state index in [4.69, 9.17) is 5.11 Å². The van der Waals surface area contributed by atoms with Gasteiger partial charge in [-0.25, -0.2) is 0 Å². The molecule has 1 aliphatic carbocycles. The van der Waals surface area contributed by atoms with Crippen molar-refractivity contribution in [3.63, 3.8) is 0 Å². The number of likely N-dealkylation sites (tertiary alicyclic amines) is 1. The SMILES string of the molecule is CN(CC1CCCN1C)C(=O)C1CCCC1C(=O)O. The van der Waals surface area contributed by atoms with Crippen molar-refractivity contribution in [3.05, 3.63) is 0 Å². The van der Waals surface area contributed by atoms with Crippen LogP contribution in [0.5, 0.6) is 0 Å². The second-order valence-corrected chi connectivity index (χ2v) is 5.98. The van der Waals surface area contributed by atoms with Gasteiger partial charge in [0.05, 0.1) is 11.8 Å². The molecule has 0 bridgehead atoms. The highest BCUT2D eigenvalue weighted by molar-refractivity contribution is 5.85. The number of amides is 1. The van der Waals surface area contributed by atoms with Gasteiger partial charge in [-0.2, -0.15) is 0 Å². The Morgan fingerprint density at radius 1 is 1.21 bits per heavy atom. The second-order valence-electron chi connectivity index (χ2n) is 5.98. The summed E-state index contributed by atoms with van der Waals surface area (Å²) in [6, 6.07) is 0.429. The quantitative estimate of drug-likeness (QED) is 0.827. The molecule has 0 aromatic heterocycles. The standard InChI is InChI=1S/C14H24N2O3/c1-15-8-4-5-10(15)9-16(2)13(17)11-6-3-7-12(11)14(18)19/h10-12H,3-9H2,1-2H3,(H,18,19). The number of carbonyl (C=O) groups excluding carboxylic acids is 1. The Morgan fingerprint density at radius 3 is 2.47 bits per heavy atom. The molecule has 2 fully saturated rings. The number of carboxylic acids is 1. The minimum absolute atomic E-state index is 0.0187. The molecule has 108 valence electrons. The lowest BCUT2D eigenvalue weighted by molar-refractivity contribution is -0.148. The van der Waals surface area contributed by atoms with E-state index in [1.165, 1.54) is 6.42 Å². The number of hydrogen-bond acceptors (Lipinski definition) is 3. The number of rotatable bonds is 4. The fourth-order valence-electron chi connectivity index (χ4n) is 3.45. The van der Waals surface area contributed by atoms with E-state index in [1.807, 2.05) is 7.05 Å². The minimum atomic E-state index is -0.817. The molecular formula is C14H24N2O3. The van der Waals surface area contributed by atoms with Crippen LogP contribution in [0.4, 0.5) is 0 Å². The van der Waals surface area contributed by atoms with Gasteiger partial charge < -0.3 is 14.9 Å². The third-order valence-corrected chi connectivity index (χ3v) is 4.68. The number of hydrogen-bond donors (Lipinski definition) is 1. The van der Waals surface area contributed by atoms with Gasteiger partial charge in [0.1, 0.15) is 0 Å². The Morgan fingerprint density at radius 2 is 1.89 bits per heavy atom. The maximum absolute atomic E-state index is 12.4. The van der Waals surface area contributed by atoms with Crippen LogP contribution in [0.3, 0.4) is 0 Å². The molecule has 1 aliphatic heterocycles. The number of likely N-dealkylation sites (N-methyl/N-ethyl adjacent to an activating group) is 2. The van der Waals surface area contributed by atoms with Crippen LogP contribution in [0, 0.1) is 11.8 Å². The Kier molecular flexibility index (Phi) is 4.45. The zero-order valence-electron chi connectivity index (χ0n) is 11.8. The molecule has 1 saturated heterocycles. The Balaban J connectivity index is 1.93. The number of carbonyl (C=O) groups is 2. The van der Waals surface area contributed by atoms with Crippen molar-refractivity contribution in [2.24, 2.45) is 11.8 Å². The number of nitrogens with zero attached hydrogens (tertiary/aromatic N) is 2. The average Bonchev–Trinajstić information content (AvgIpc) is 2.98. The van der Waals surface area contributed by atoms with Gasteiger partial charge in [-0.1, -0.05) is 6.42 Å². The summed E-state index contributed by atoms with van der Waals surface area (Å²) < 4.78 is 0. The smallest absolute Gasteiger partial charge is 0.307 e. The molecule has 2 aliphatic rings. The molecule has 0 radical (unpaired) electrons. The molecule has 0 aromatic rings. The van der Waals surface area contributed by atoms with E-state index >= 15 is 0 Å². The summed E-state index contributed by atoms with van der Waals surface area (Å²) in [7, 11) is 3.90. The number of carboxylic acid groups (broad SMARTS) is 1. The highest BCUT2D eigenvalue weighted by Crippen LogP contribution is 2.33. The second kappa shape index (κ2) is 5.90. The molecule has 0 spiro atoms. The van der Waals surface area contributed by atoms with E-state index < -0.39 is 11.9 Å². The zero-order chi connectivity index (χ0) is 14.0. The van der Waals surface area contributed by atoms with Gasteiger partial charge >= 0.3 is 5.97 Å². The summed E-state index contributed by atoms with van der Waals surface area (Å²) in [5, 5.41) is 9.16. The first-order chi connectivity index (χ1) is 9.00. The van der Waals surface area contributed by atoms with Gasteiger partial charge in [0, 0.05) is 19.6 Å². The summed E-state index contributed by atoms with van der Waals surface area (Å²) in [6.07, 6.45) is 4.53. The van der Waals surface area contributed by atoms with Crippen molar-refractivity contribution in [2.75, 3.05) is 27.2 Å². The molecule has 19 heavy (non-hydrogen) atoms. The lowest BCUT2D eigenvalue weighted by atomic mass is 9.94. The average molecular weight is 268 g/mol. The summed E-state index contributed by atoms with van der Waals surface area (Å²) >= 11 is 0. The minimum Gasteiger partial charge on any atom is -0.481 e. The van der Waals surface area contributed by atoms with Crippen molar-refractivity contribution in [1.29, 1.82) is 0 Å². The highest BCUT2D eigenvalue weighted by Gasteiger charge is 2.39. The highest BCUT2D eigenvalue weighted by atomic mass is 16.4. The Labute approximate surface area is 114 Å². The van der Waals surface area contributed by atoms with Crippen LogP contribution in [0.15, 0.2) is 0 Å². The van der Waals surface area contributed by atoms with E-state index in [1.54, 1.807) is 4.90 Å². The molecule has 5 heteroatoms. The summed E-state index contributed by atoms with van der Waals surface area (Å²) in [6.45, 7) is 1.81. The predicted octanol–water partition coefficient (Wildman–Crippen LogP) is 1.04.